The minimum atomic E-state index is -0.448. The van der Waals surface area contributed by atoms with Crippen molar-refractivity contribution in [2.24, 2.45) is 4.99 Å². The summed E-state index contributed by atoms with van der Waals surface area (Å²) in [4.78, 5) is 32.1. The number of rotatable bonds is 7. The van der Waals surface area contributed by atoms with Crippen molar-refractivity contribution in [2.75, 3.05) is 11.9 Å². The molecule has 1 fully saturated rings. The smallest absolute Gasteiger partial charge is 0.242 e. The van der Waals surface area contributed by atoms with Crippen molar-refractivity contribution in [3.05, 3.63) is 59.2 Å². The molecule has 1 atom stereocenters. The van der Waals surface area contributed by atoms with E-state index >= 15 is 0 Å². The Morgan fingerprint density at radius 3 is 2.50 bits per heavy atom. The lowest BCUT2D eigenvalue weighted by Crippen LogP contribution is -2.34. The molecule has 1 saturated heterocycles. The largest absolute Gasteiger partial charge is 0.326 e. The number of benzene rings is 2. The lowest BCUT2D eigenvalue weighted by atomic mass is 10.1. The van der Waals surface area contributed by atoms with E-state index in [1.165, 1.54) is 11.8 Å². The Hall–Kier alpha value is -2.60. The number of aryl methyl sites for hydroxylation is 3. The average Bonchev–Trinajstić information content (AvgIpc) is 2.99. The average molecular weight is 424 g/mol. The molecule has 1 N–H and O–H groups in total. The van der Waals surface area contributed by atoms with Gasteiger partial charge in [0, 0.05) is 18.7 Å². The Morgan fingerprint density at radius 1 is 1.10 bits per heavy atom. The molecule has 0 spiro atoms. The van der Waals surface area contributed by atoms with Crippen LogP contribution in [0.3, 0.4) is 0 Å². The van der Waals surface area contributed by atoms with Gasteiger partial charge in [-0.25, -0.2) is 4.99 Å². The lowest BCUT2D eigenvalue weighted by Gasteiger charge is -2.16. The minimum Gasteiger partial charge on any atom is -0.326 e. The zero-order valence-corrected chi connectivity index (χ0v) is 18.9. The van der Waals surface area contributed by atoms with Crippen LogP contribution in [0.5, 0.6) is 0 Å². The SMILES string of the molecule is CCCCN1C(=O)C(CC(=O)Nc2cc(C)ccc2C)SC1=Nc1ccc(C)cc1. The van der Waals surface area contributed by atoms with E-state index in [1.807, 2.05) is 63.2 Å². The summed E-state index contributed by atoms with van der Waals surface area (Å²) < 4.78 is 0. The zero-order valence-electron chi connectivity index (χ0n) is 18.1. The van der Waals surface area contributed by atoms with E-state index in [2.05, 4.69) is 12.2 Å². The molecule has 2 aromatic rings. The van der Waals surface area contributed by atoms with Gasteiger partial charge in [-0.2, -0.15) is 0 Å². The molecule has 5 nitrogen and oxygen atoms in total. The van der Waals surface area contributed by atoms with E-state index in [1.54, 1.807) is 4.90 Å². The lowest BCUT2D eigenvalue weighted by molar-refractivity contribution is -0.128. The van der Waals surface area contributed by atoms with Crippen molar-refractivity contribution in [1.82, 2.24) is 4.90 Å². The van der Waals surface area contributed by atoms with Crippen LogP contribution in [0.2, 0.25) is 0 Å². The number of amides is 2. The van der Waals surface area contributed by atoms with Gasteiger partial charge in [-0.15, -0.1) is 0 Å². The summed E-state index contributed by atoms with van der Waals surface area (Å²) in [5.74, 6) is -0.183. The first-order valence-electron chi connectivity index (χ1n) is 10.4. The molecular formula is C24H29N3O2S. The number of carbonyl (C=O) groups is 2. The van der Waals surface area contributed by atoms with E-state index < -0.39 is 5.25 Å². The quantitative estimate of drug-likeness (QED) is 0.651. The molecule has 30 heavy (non-hydrogen) atoms. The maximum atomic E-state index is 13.0. The molecular weight excluding hydrogens is 394 g/mol. The molecule has 1 heterocycles. The second kappa shape index (κ2) is 9.94. The van der Waals surface area contributed by atoms with Gasteiger partial charge < -0.3 is 5.32 Å². The predicted molar refractivity (Wildman–Crippen MR) is 125 cm³/mol. The number of aliphatic imine (C=N–C) groups is 1. The molecule has 0 bridgehead atoms. The van der Waals surface area contributed by atoms with Crippen LogP contribution in [0.15, 0.2) is 47.5 Å². The number of unbranched alkanes of at least 4 members (excludes halogenated alkanes) is 1. The van der Waals surface area contributed by atoms with Gasteiger partial charge in [-0.05, 0) is 56.5 Å². The van der Waals surface area contributed by atoms with Crippen LogP contribution < -0.4 is 5.32 Å². The van der Waals surface area contributed by atoms with Crippen LogP contribution in [0, 0.1) is 20.8 Å². The third-order valence-electron chi connectivity index (χ3n) is 5.05. The van der Waals surface area contributed by atoms with Crippen molar-refractivity contribution in [3.63, 3.8) is 0 Å². The third kappa shape index (κ3) is 5.51. The molecule has 0 radical (unpaired) electrons. The molecule has 0 saturated carbocycles. The van der Waals surface area contributed by atoms with Gasteiger partial charge in [0.15, 0.2) is 5.17 Å². The van der Waals surface area contributed by atoms with Crippen molar-refractivity contribution in [1.29, 1.82) is 0 Å². The highest BCUT2D eigenvalue weighted by Crippen LogP contribution is 2.32. The number of thioether (sulfide) groups is 1. The monoisotopic (exact) mass is 423 g/mol. The van der Waals surface area contributed by atoms with Gasteiger partial charge >= 0.3 is 0 Å². The second-order valence-corrected chi connectivity index (χ2v) is 8.92. The second-order valence-electron chi connectivity index (χ2n) is 7.75. The Balaban J connectivity index is 1.74. The molecule has 3 rings (SSSR count). The molecule has 1 aliphatic heterocycles. The summed E-state index contributed by atoms with van der Waals surface area (Å²) >= 11 is 1.39. The highest BCUT2D eigenvalue weighted by atomic mass is 32.2. The molecule has 2 aromatic carbocycles. The summed E-state index contributed by atoms with van der Waals surface area (Å²) in [5.41, 5.74) is 4.87. The van der Waals surface area contributed by atoms with Crippen molar-refractivity contribution in [3.8, 4) is 0 Å². The third-order valence-corrected chi connectivity index (χ3v) is 6.23. The van der Waals surface area contributed by atoms with Gasteiger partial charge in [0.05, 0.1) is 5.69 Å². The number of anilines is 1. The number of nitrogens with zero attached hydrogens (tertiary/aromatic N) is 2. The van der Waals surface area contributed by atoms with Crippen LogP contribution in [-0.2, 0) is 9.59 Å². The van der Waals surface area contributed by atoms with Gasteiger partial charge in [0.1, 0.15) is 5.25 Å². The van der Waals surface area contributed by atoms with Crippen LogP contribution in [0.4, 0.5) is 11.4 Å². The number of amidine groups is 1. The Morgan fingerprint density at radius 2 is 1.80 bits per heavy atom. The molecule has 1 unspecified atom stereocenters. The van der Waals surface area contributed by atoms with E-state index in [4.69, 9.17) is 4.99 Å². The topological polar surface area (TPSA) is 61.8 Å². The molecule has 158 valence electrons. The van der Waals surface area contributed by atoms with Crippen LogP contribution in [0.1, 0.15) is 42.9 Å². The van der Waals surface area contributed by atoms with Gasteiger partial charge in [0.2, 0.25) is 11.8 Å². The summed E-state index contributed by atoms with van der Waals surface area (Å²) in [5, 5.41) is 3.20. The van der Waals surface area contributed by atoms with Crippen molar-refractivity contribution < 1.29 is 9.59 Å². The summed E-state index contributed by atoms with van der Waals surface area (Å²) in [6.07, 6.45) is 2.02. The Kier molecular flexibility index (Phi) is 7.32. The molecule has 2 amide bonds. The van der Waals surface area contributed by atoms with E-state index in [-0.39, 0.29) is 18.2 Å². The number of carbonyl (C=O) groups excluding carboxylic acids is 2. The maximum Gasteiger partial charge on any atom is 0.242 e. The van der Waals surface area contributed by atoms with Crippen molar-refractivity contribution >= 4 is 40.1 Å². The fourth-order valence-electron chi connectivity index (χ4n) is 3.22. The standard InChI is InChI=1S/C24H29N3O2S/c1-5-6-13-27-23(29)21(30-24(27)25-19-11-8-16(2)9-12-19)15-22(28)26-20-14-17(3)7-10-18(20)4/h7-12,14,21H,5-6,13,15H2,1-4H3,(H,26,28). The Bertz CT molecular complexity index is 953. The fourth-order valence-corrected chi connectivity index (χ4v) is 4.40. The Labute approximate surface area is 183 Å². The predicted octanol–water partition coefficient (Wildman–Crippen LogP) is 5.37. The highest BCUT2D eigenvalue weighted by molar-refractivity contribution is 8.15. The van der Waals surface area contributed by atoms with Crippen LogP contribution in [-0.4, -0.2) is 33.7 Å². The van der Waals surface area contributed by atoms with Crippen LogP contribution >= 0.6 is 11.8 Å². The zero-order chi connectivity index (χ0) is 21.7. The summed E-state index contributed by atoms with van der Waals surface area (Å²) in [6.45, 7) is 8.71. The molecule has 0 aliphatic carbocycles. The maximum absolute atomic E-state index is 13.0. The molecule has 0 aromatic heterocycles. The van der Waals surface area contributed by atoms with Gasteiger partial charge in [0.25, 0.3) is 0 Å². The summed E-state index contributed by atoms with van der Waals surface area (Å²) in [7, 11) is 0. The molecule has 6 heteroatoms. The first kappa shape index (κ1) is 22.1. The first-order valence-corrected chi connectivity index (χ1v) is 11.3. The molecule has 1 aliphatic rings. The number of hydrogen-bond acceptors (Lipinski definition) is 4. The fraction of sp³-hybridized carbons (Fsp3) is 0.375. The van der Waals surface area contributed by atoms with E-state index in [0.29, 0.717) is 11.7 Å². The van der Waals surface area contributed by atoms with E-state index in [0.717, 1.165) is 40.9 Å². The summed E-state index contributed by atoms with van der Waals surface area (Å²) in [6, 6.07) is 13.9. The first-order chi connectivity index (χ1) is 14.4. The van der Waals surface area contributed by atoms with Crippen molar-refractivity contribution in [2.45, 2.75) is 52.2 Å². The normalized spacial score (nSPS) is 17.6. The number of hydrogen-bond donors (Lipinski definition) is 1. The van der Waals surface area contributed by atoms with E-state index in [9.17, 15) is 9.59 Å². The van der Waals surface area contributed by atoms with Gasteiger partial charge in [-0.1, -0.05) is 54.9 Å². The van der Waals surface area contributed by atoms with Gasteiger partial charge in [-0.3, -0.25) is 14.5 Å². The van der Waals surface area contributed by atoms with Crippen LogP contribution in [0.25, 0.3) is 0 Å². The number of nitrogens with one attached hydrogen (secondary N) is 1. The minimum absolute atomic E-state index is 0.0320. The highest BCUT2D eigenvalue weighted by Gasteiger charge is 2.38.